The standard InChI is InChI=1S/C38H49N9O4/c1-22(40-19-23(2)47-29(18-39)15-28-16-32(28)47)17-38(35-43-45-46-44-35)30-11-9-26(33(48)41-20-36(3,4)50)13-24(30)7-8-25-14-27(10-12-31(25)38)34(49)42-21-37(5,6)51/h9-14,22,28-29,32,40,50-51H,2,7-8,15-17,19-21H2,1,3-6H3,(H,41,48)(H,42,49)(H,43,44,45,46)/t22-,28+,29?,32?/m0/s1. The molecule has 0 spiro atoms. The third-order valence-corrected chi connectivity index (χ3v) is 10.3. The summed E-state index contributed by atoms with van der Waals surface area (Å²) < 4.78 is 0. The van der Waals surface area contributed by atoms with E-state index in [1.54, 1.807) is 39.8 Å². The lowest BCUT2D eigenvalue weighted by Crippen LogP contribution is -2.42. The Labute approximate surface area is 298 Å². The van der Waals surface area contributed by atoms with Gasteiger partial charge in [0.15, 0.2) is 5.82 Å². The number of rotatable bonds is 13. The Morgan fingerprint density at radius 2 is 1.59 bits per heavy atom. The number of aryl methyl sites for hydroxylation is 2. The number of H-pyrrole nitrogens is 1. The summed E-state index contributed by atoms with van der Waals surface area (Å²) in [6, 6.07) is 13.9. The van der Waals surface area contributed by atoms with Gasteiger partial charge in [-0.25, -0.2) is 0 Å². The van der Waals surface area contributed by atoms with Crippen LogP contribution in [0.25, 0.3) is 0 Å². The van der Waals surface area contributed by atoms with Gasteiger partial charge in [-0.2, -0.15) is 10.5 Å². The lowest BCUT2D eigenvalue weighted by Gasteiger charge is -2.37. The molecule has 13 nitrogen and oxygen atoms in total. The molecule has 1 saturated heterocycles. The highest BCUT2D eigenvalue weighted by Crippen LogP contribution is 2.49. The topological polar surface area (TPSA) is 192 Å². The molecular formula is C38H49N9O4. The van der Waals surface area contributed by atoms with E-state index in [1.165, 1.54) is 0 Å². The Balaban J connectivity index is 1.38. The fourth-order valence-corrected chi connectivity index (χ4v) is 7.76. The molecule has 3 aliphatic rings. The number of carbonyl (C=O) groups excluding carboxylic acids is 2. The molecule has 6 N–H and O–H groups in total. The lowest BCUT2D eigenvalue weighted by molar-refractivity contribution is 0.0694. The van der Waals surface area contributed by atoms with E-state index in [9.17, 15) is 25.1 Å². The highest BCUT2D eigenvalue weighted by Gasteiger charge is 2.52. The molecule has 270 valence electrons. The number of piperidine rings is 1. The Kier molecular flexibility index (Phi) is 9.80. The van der Waals surface area contributed by atoms with E-state index in [1.807, 2.05) is 24.3 Å². The second-order valence-corrected chi connectivity index (χ2v) is 15.8. The third-order valence-electron chi connectivity index (χ3n) is 10.3. The van der Waals surface area contributed by atoms with Crippen LogP contribution in [0.3, 0.4) is 0 Å². The van der Waals surface area contributed by atoms with Gasteiger partial charge in [-0.15, -0.1) is 10.2 Å². The van der Waals surface area contributed by atoms with Crippen LogP contribution in [0, 0.1) is 17.2 Å². The van der Waals surface area contributed by atoms with Crippen LogP contribution in [-0.4, -0.2) is 96.5 Å². The van der Waals surface area contributed by atoms with Gasteiger partial charge < -0.3 is 31.1 Å². The van der Waals surface area contributed by atoms with Crippen molar-refractivity contribution in [3.05, 3.63) is 87.9 Å². The minimum absolute atomic E-state index is 0.0991. The van der Waals surface area contributed by atoms with Gasteiger partial charge in [0.05, 0.1) is 22.7 Å². The van der Waals surface area contributed by atoms with Crippen molar-refractivity contribution in [2.45, 2.75) is 101 Å². The summed E-state index contributed by atoms with van der Waals surface area (Å²) in [4.78, 5) is 28.7. The number of nitrogens with one attached hydrogen (secondary N) is 4. The Morgan fingerprint density at radius 1 is 1.02 bits per heavy atom. The number of likely N-dealkylation sites (tertiary alicyclic amines) is 1. The van der Waals surface area contributed by atoms with Crippen LogP contribution < -0.4 is 16.0 Å². The van der Waals surface area contributed by atoms with Crippen molar-refractivity contribution in [2.24, 2.45) is 5.92 Å². The van der Waals surface area contributed by atoms with E-state index in [0.29, 0.717) is 54.7 Å². The number of aromatic nitrogens is 4. The zero-order valence-corrected chi connectivity index (χ0v) is 30.1. The van der Waals surface area contributed by atoms with Crippen molar-refractivity contribution in [3.8, 4) is 6.07 Å². The molecule has 1 aliphatic heterocycles. The van der Waals surface area contributed by atoms with E-state index in [0.717, 1.165) is 40.8 Å². The molecule has 0 radical (unpaired) electrons. The van der Waals surface area contributed by atoms with Gasteiger partial charge in [0.25, 0.3) is 11.8 Å². The Hall–Kier alpha value is -4.64. The summed E-state index contributed by atoms with van der Waals surface area (Å²) in [6.45, 7) is 13.7. The number of hydrogen-bond donors (Lipinski definition) is 6. The second-order valence-electron chi connectivity index (χ2n) is 15.8. The summed E-state index contributed by atoms with van der Waals surface area (Å²) in [5.74, 6) is 0.458. The van der Waals surface area contributed by atoms with Gasteiger partial charge >= 0.3 is 0 Å². The molecule has 2 aliphatic carbocycles. The molecular weight excluding hydrogens is 646 g/mol. The van der Waals surface area contributed by atoms with E-state index in [2.05, 4.69) is 61.0 Å². The van der Waals surface area contributed by atoms with Crippen LogP contribution in [0.4, 0.5) is 0 Å². The van der Waals surface area contributed by atoms with Gasteiger partial charge in [-0.05, 0) is 119 Å². The van der Waals surface area contributed by atoms with Crippen molar-refractivity contribution in [1.82, 2.24) is 41.5 Å². The first-order valence-corrected chi connectivity index (χ1v) is 17.7. The van der Waals surface area contributed by atoms with Crippen molar-refractivity contribution in [2.75, 3.05) is 19.6 Å². The van der Waals surface area contributed by atoms with Crippen LogP contribution in [0.2, 0.25) is 0 Å². The quantitative estimate of drug-likeness (QED) is 0.155. The molecule has 51 heavy (non-hydrogen) atoms. The molecule has 0 bridgehead atoms. The lowest BCUT2D eigenvalue weighted by atomic mass is 9.67. The minimum Gasteiger partial charge on any atom is -0.389 e. The molecule has 4 atom stereocenters. The van der Waals surface area contributed by atoms with Crippen molar-refractivity contribution < 1.29 is 19.8 Å². The molecule has 2 unspecified atom stereocenters. The van der Waals surface area contributed by atoms with E-state index in [-0.39, 0.29) is 37.0 Å². The van der Waals surface area contributed by atoms with Gasteiger partial charge in [0, 0.05) is 48.5 Å². The molecule has 3 aromatic rings. The highest BCUT2D eigenvalue weighted by atomic mass is 16.3. The zero-order chi connectivity index (χ0) is 36.7. The molecule has 1 aromatic heterocycles. The van der Waals surface area contributed by atoms with Gasteiger partial charge in [0.1, 0.15) is 6.04 Å². The molecule has 2 aromatic carbocycles. The third kappa shape index (κ3) is 7.68. The Morgan fingerprint density at radius 3 is 2.08 bits per heavy atom. The number of nitriles is 1. The second kappa shape index (κ2) is 13.8. The summed E-state index contributed by atoms with van der Waals surface area (Å²) in [5.41, 5.74) is 2.51. The average molecular weight is 696 g/mol. The number of fused-ring (bicyclic) bond motifs is 3. The van der Waals surface area contributed by atoms with Crippen LogP contribution in [0.5, 0.6) is 0 Å². The highest BCUT2D eigenvalue weighted by molar-refractivity contribution is 5.95. The van der Waals surface area contributed by atoms with Crippen LogP contribution in [-0.2, 0) is 18.3 Å². The smallest absolute Gasteiger partial charge is 0.251 e. The van der Waals surface area contributed by atoms with Gasteiger partial charge in [-0.3, -0.25) is 9.59 Å². The van der Waals surface area contributed by atoms with Crippen molar-refractivity contribution >= 4 is 11.8 Å². The normalized spacial score (nSPS) is 21.0. The van der Waals surface area contributed by atoms with Gasteiger partial charge in [0.2, 0.25) is 0 Å². The fraction of sp³-hybridized carbons (Fsp3) is 0.526. The number of amides is 2. The largest absolute Gasteiger partial charge is 0.389 e. The predicted octanol–water partition coefficient (Wildman–Crippen LogP) is 2.50. The predicted molar refractivity (Wildman–Crippen MR) is 191 cm³/mol. The minimum atomic E-state index is -1.06. The summed E-state index contributed by atoms with van der Waals surface area (Å²) in [6.07, 6.45) is 3.66. The van der Waals surface area contributed by atoms with E-state index < -0.39 is 16.6 Å². The van der Waals surface area contributed by atoms with E-state index in [4.69, 9.17) is 0 Å². The number of aliphatic hydroxyl groups is 2. The fourth-order valence-electron chi connectivity index (χ4n) is 7.76. The molecule has 2 fully saturated rings. The maximum absolute atomic E-state index is 13.3. The first-order valence-electron chi connectivity index (χ1n) is 17.7. The summed E-state index contributed by atoms with van der Waals surface area (Å²) in [7, 11) is 0. The summed E-state index contributed by atoms with van der Waals surface area (Å²) >= 11 is 0. The molecule has 2 amide bonds. The van der Waals surface area contributed by atoms with Gasteiger partial charge in [-0.1, -0.05) is 23.9 Å². The number of aromatic amines is 1. The monoisotopic (exact) mass is 695 g/mol. The van der Waals surface area contributed by atoms with Crippen molar-refractivity contribution in [3.63, 3.8) is 0 Å². The number of nitrogens with zero attached hydrogens (tertiary/aromatic N) is 5. The van der Waals surface area contributed by atoms with Crippen LogP contribution >= 0.6 is 0 Å². The number of benzene rings is 2. The first-order chi connectivity index (χ1) is 24.1. The number of carbonyl (C=O) groups is 2. The maximum atomic E-state index is 13.3. The molecule has 1 saturated carbocycles. The number of hydrogen-bond acceptors (Lipinski definition) is 10. The maximum Gasteiger partial charge on any atom is 0.251 e. The molecule has 6 rings (SSSR count). The number of tetrazole rings is 1. The average Bonchev–Trinajstić information content (AvgIpc) is 3.46. The summed E-state index contributed by atoms with van der Waals surface area (Å²) in [5, 5.41) is 55.3. The molecule has 2 heterocycles. The van der Waals surface area contributed by atoms with Crippen LogP contribution in [0.15, 0.2) is 48.7 Å². The first kappa shape index (κ1) is 36.2. The SMILES string of the molecule is C=C(CN[C@@H](C)CC1(c2nn[nH]n2)c2ccc(C(=O)NCC(C)(C)O)cc2CCc2cc(C(=O)NCC(C)(C)O)ccc21)N1C(C#N)C[C@@H]2CC21. The zero-order valence-electron chi connectivity index (χ0n) is 30.1. The molecule has 13 heteroatoms. The van der Waals surface area contributed by atoms with Crippen LogP contribution in [0.1, 0.15) is 103 Å². The van der Waals surface area contributed by atoms with Crippen molar-refractivity contribution in [1.29, 1.82) is 5.26 Å². The Bertz CT molecular complexity index is 1760. The van der Waals surface area contributed by atoms with E-state index >= 15 is 0 Å².